The molecule has 0 aromatic carbocycles. The number of amides is 1. The van der Waals surface area contributed by atoms with Crippen molar-refractivity contribution in [2.75, 3.05) is 35.2 Å². The highest BCUT2D eigenvalue weighted by Crippen LogP contribution is 2.50. The minimum Gasteiger partial charge on any atom is -0.384 e. The van der Waals surface area contributed by atoms with Crippen LogP contribution in [0.5, 0.6) is 0 Å². The zero-order valence-electron chi connectivity index (χ0n) is 19.5. The van der Waals surface area contributed by atoms with Crippen molar-refractivity contribution in [1.29, 1.82) is 0 Å². The van der Waals surface area contributed by atoms with E-state index in [1.165, 1.54) is 25.7 Å². The number of nitrogens with zero attached hydrogens (tertiary/aromatic N) is 4. The van der Waals surface area contributed by atoms with Crippen LogP contribution >= 0.6 is 11.6 Å². The molecule has 2 N–H and O–H groups in total. The Balaban J connectivity index is 1.03. The van der Waals surface area contributed by atoms with Gasteiger partial charge in [-0.3, -0.25) is 4.79 Å². The summed E-state index contributed by atoms with van der Waals surface area (Å²) < 4.78 is 0. The Morgan fingerprint density at radius 3 is 2.58 bits per heavy atom. The molecule has 0 unspecified atom stereocenters. The third-order valence-electron chi connectivity index (χ3n) is 7.71. The minimum absolute atomic E-state index is 0.0881. The molecule has 0 radical (unpaired) electrons. The zero-order valence-corrected chi connectivity index (χ0v) is 20.2. The molecule has 1 aliphatic heterocycles. The normalized spacial score (nSPS) is 23.8. The molecular formula is C25H33ClN6O. The van der Waals surface area contributed by atoms with Gasteiger partial charge in [-0.25, -0.2) is 15.0 Å². The lowest BCUT2D eigenvalue weighted by molar-refractivity contribution is -0.120. The summed E-state index contributed by atoms with van der Waals surface area (Å²) in [4.78, 5) is 27.7. The van der Waals surface area contributed by atoms with Crippen molar-refractivity contribution in [3.8, 4) is 0 Å². The van der Waals surface area contributed by atoms with E-state index in [0.29, 0.717) is 10.8 Å². The van der Waals surface area contributed by atoms with E-state index in [0.717, 1.165) is 67.4 Å². The largest absolute Gasteiger partial charge is 0.384 e. The van der Waals surface area contributed by atoms with Crippen molar-refractivity contribution in [1.82, 2.24) is 15.0 Å². The van der Waals surface area contributed by atoms with Gasteiger partial charge in [0.25, 0.3) is 0 Å². The topological polar surface area (TPSA) is 83.0 Å². The summed E-state index contributed by atoms with van der Waals surface area (Å²) in [6.45, 7) is 7.03. The molecule has 2 aromatic rings. The first kappa shape index (κ1) is 22.4. The molecule has 0 bridgehead atoms. The monoisotopic (exact) mass is 468 g/mol. The maximum Gasteiger partial charge on any atom is 0.231 e. The zero-order chi connectivity index (χ0) is 23.0. The fourth-order valence-electron chi connectivity index (χ4n) is 5.05. The molecule has 2 aliphatic carbocycles. The van der Waals surface area contributed by atoms with Crippen LogP contribution in [0.15, 0.2) is 24.7 Å². The van der Waals surface area contributed by atoms with E-state index >= 15 is 0 Å². The van der Waals surface area contributed by atoms with E-state index in [1.807, 2.05) is 20.0 Å². The molecule has 1 amide bonds. The van der Waals surface area contributed by atoms with Crippen LogP contribution in [0.1, 0.15) is 51.0 Å². The number of rotatable bonds is 8. The molecule has 7 nitrogen and oxygen atoms in total. The van der Waals surface area contributed by atoms with Crippen LogP contribution in [0.3, 0.4) is 0 Å². The van der Waals surface area contributed by atoms with Crippen molar-refractivity contribution in [2.24, 2.45) is 23.2 Å². The van der Waals surface area contributed by atoms with E-state index < -0.39 is 0 Å². The van der Waals surface area contributed by atoms with Gasteiger partial charge in [0.15, 0.2) is 0 Å². The third-order valence-corrected chi connectivity index (χ3v) is 7.91. The van der Waals surface area contributed by atoms with Crippen molar-refractivity contribution < 1.29 is 4.79 Å². The Hall–Kier alpha value is -2.41. The van der Waals surface area contributed by atoms with Crippen LogP contribution in [0.25, 0.3) is 0 Å². The van der Waals surface area contributed by atoms with Gasteiger partial charge >= 0.3 is 0 Å². The third kappa shape index (κ3) is 5.24. The molecule has 5 rings (SSSR count). The van der Waals surface area contributed by atoms with E-state index in [4.69, 9.17) is 11.6 Å². The number of pyridine rings is 1. The highest BCUT2D eigenvalue weighted by molar-refractivity contribution is 6.30. The number of carbonyl (C=O) groups excluding carboxylic acids is 1. The summed E-state index contributed by atoms with van der Waals surface area (Å²) in [7, 11) is 0. The Kier molecular flexibility index (Phi) is 6.16. The van der Waals surface area contributed by atoms with Crippen molar-refractivity contribution in [3.63, 3.8) is 0 Å². The lowest BCUT2D eigenvalue weighted by Gasteiger charge is -2.32. The van der Waals surface area contributed by atoms with Crippen molar-refractivity contribution in [3.05, 3.63) is 35.2 Å². The first-order valence-corrected chi connectivity index (χ1v) is 12.5. The number of carbonyl (C=O) groups is 1. The number of nitrogens with one attached hydrogen (secondary N) is 2. The number of halogens is 1. The average molecular weight is 469 g/mol. The molecule has 2 atom stereocenters. The molecule has 3 aliphatic rings. The summed E-state index contributed by atoms with van der Waals surface area (Å²) in [5.41, 5.74) is 1.83. The van der Waals surface area contributed by atoms with E-state index in [-0.39, 0.29) is 11.3 Å². The molecule has 0 spiro atoms. The lowest BCUT2D eigenvalue weighted by atomic mass is 9.90. The fourth-order valence-corrected chi connectivity index (χ4v) is 5.15. The Labute approximate surface area is 200 Å². The molecule has 1 saturated heterocycles. The quantitative estimate of drug-likeness (QED) is 0.571. The van der Waals surface area contributed by atoms with Crippen LogP contribution in [-0.4, -0.2) is 40.5 Å². The second-order valence-electron chi connectivity index (χ2n) is 10.3. The molecule has 2 saturated carbocycles. The smallest absolute Gasteiger partial charge is 0.231 e. The standard InChI is InChI=1S/C25H33ClN6O/c1-16-11-20(15-28-22(16)31-23(33)25(2)6-7-25)27-8-3-18-12-21(18)17-4-9-32(10-5-17)24-29-13-19(26)14-30-24/h11,13-15,17-18,21,27H,3-10,12H2,1-2H3,(H,28,31,33)/t18-,21-/m1/s1. The molecule has 8 heteroatoms. The van der Waals surface area contributed by atoms with Crippen LogP contribution in [0, 0.1) is 30.1 Å². The number of aryl methyl sites for hydroxylation is 1. The van der Waals surface area contributed by atoms with Crippen LogP contribution in [-0.2, 0) is 4.79 Å². The Bertz CT molecular complexity index is 1000. The lowest BCUT2D eigenvalue weighted by Crippen LogP contribution is -2.35. The molecule has 176 valence electrons. The van der Waals surface area contributed by atoms with Gasteiger partial charge in [0.2, 0.25) is 11.9 Å². The highest BCUT2D eigenvalue weighted by atomic mass is 35.5. The molecule has 3 heterocycles. The fraction of sp³-hybridized carbons (Fsp3) is 0.600. The van der Waals surface area contributed by atoms with Gasteiger partial charge in [-0.05, 0) is 74.8 Å². The van der Waals surface area contributed by atoms with Gasteiger partial charge < -0.3 is 15.5 Å². The first-order valence-electron chi connectivity index (χ1n) is 12.2. The van der Waals surface area contributed by atoms with Crippen LogP contribution in [0.4, 0.5) is 17.5 Å². The maximum atomic E-state index is 12.3. The number of hydrogen-bond donors (Lipinski definition) is 2. The summed E-state index contributed by atoms with van der Waals surface area (Å²) in [5.74, 6) is 4.07. The van der Waals surface area contributed by atoms with Crippen LogP contribution in [0.2, 0.25) is 5.02 Å². The van der Waals surface area contributed by atoms with Gasteiger partial charge in [-0.15, -0.1) is 0 Å². The van der Waals surface area contributed by atoms with E-state index in [1.54, 1.807) is 12.4 Å². The second-order valence-corrected chi connectivity index (χ2v) is 10.7. The van der Waals surface area contributed by atoms with E-state index in [2.05, 4.69) is 36.6 Å². The number of piperidine rings is 1. The Morgan fingerprint density at radius 1 is 1.18 bits per heavy atom. The number of aromatic nitrogens is 3. The van der Waals surface area contributed by atoms with E-state index in [9.17, 15) is 4.79 Å². The molecule has 33 heavy (non-hydrogen) atoms. The number of anilines is 3. The SMILES string of the molecule is Cc1cc(NCC[C@@H]2C[C@@H]2C2CCN(c3ncc(Cl)cn3)CC2)cnc1NC(=O)C1(C)CC1. The summed E-state index contributed by atoms with van der Waals surface area (Å²) >= 11 is 5.90. The van der Waals surface area contributed by atoms with Gasteiger partial charge in [0.1, 0.15) is 5.82 Å². The maximum absolute atomic E-state index is 12.3. The predicted octanol–water partition coefficient (Wildman–Crippen LogP) is 4.93. The molecule has 2 aromatic heterocycles. The van der Waals surface area contributed by atoms with Gasteiger partial charge in [0, 0.05) is 25.0 Å². The summed E-state index contributed by atoms with van der Waals surface area (Å²) in [6, 6.07) is 2.08. The minimum atomic E-state index is -0.188. The molecule has 3 fully saturated rings. The second kappa shape index (κ2) is 9.09. The van der Waals surface area contributed by atoms with Gasteiger partial charge in [-0.1, -0.05) is 18.5 Å². The van der Waals surface area contributed by atoms with Crippen LogP contribution < -0.4 is 15.5 Å². The average Bonchev–Trinajstić information content (AvgIpc) is 3.74. The summed E-state index contributed by atoms with van der Waals surface area (Å²) in [5, 5.41) is 7.10. The molecular weight excluding hydrogens is 436 g/mol. The first-order chi connectivity index (χ1) is 15.9. The van der Waals surface area contributed by atoms with Gasteiger partial charge in [-0.2, -0.15) is 0 Å². The number of hydrogen-bond acceptors (Lipinski definition) is 6. The van der Waals surface area contributed by atoms with Crippen molar-refractivity contribution in [2.45, 2.75) is 52.4 Å². The van der Waals surface area contributed by atoms with Crippen molar-refractivity contribution >= 4 is 35.0 Å². The highest BCUT2D eigenvalue weighted by Gasteiger charge is 2.45. The van der Waals surface area contributed by atoms with Gasteiger partial charge in [0.05, 0.1) is 29.3 Å². The Morgan fingerprint density at radius 2 is 1.91 bits per heavy atom. The summed E-state index contributed by atoms with van der Waals surface area (Å²) in [6.07, 6.45) is 12.1. The predicted molar refractivity (Wildman–Crippen MR) is 132 cm³/mol.